The summed E-state index contributed by atoms with van der Waals surface area (Å²) in [6, 6.07) is 3.68. The van der Waals surface area contributed by atoms with Crippen molar-refractivity contribution in [3.05, 3.63) is 23.3 Å². The van der Waals surface area contributed by atoms with Crippen LogP contribution in [0, 0.1) is 6.92 Å². The highest BCUT2D eigenvalue weighted by Gasteiger charge is 2.49. The SMILES string of the molecule is COc1cc(C)c(CN(C)C(=O)C2(S(C)(=O)=O)CCNCC2)cc1OC.Cl. The maximum absolute atomic E-state index is 13.1. The molecule has 1 N–H and O–H groups in total. The maximum atomic E-state index is 13.1. The average Bonchev–Trinajstić information content (AvgIpc) is 2.61. The topological polar surface area (TPSA) is 84.9 Å². The average molecular weight is 421 g/mol. The fraction of sp³-hybridized carbons (Fsp3) is 0.611. The number of rotatable bonds is 6. The lowest BCUT2D eigenvalue weighted by Gasteiger charge is -2.37. The van der Waals surface area contributed by atoms with Crippen LogP contribution in [0.2, 0.25) is 0 Å². The van der Waals surface area contributed by atoms with Crippen molar-refractivity contribution in [3.63, 3.8) is 0 Å². The summed E-state index contributed by atoms with van der Waals surface area (Å²) in [6.45, 7) is 3.26. The van der Waals surface area contributed by atoms with Crippen molar-refractivity contribution < 1.29 is 22.7 Å². The van der Waals surface area contributed by atoms with Gasteiger partial charge in [-0.05, 0) is 56.1 Å². The monoisotopic (exact) mass is 420 g/mol. The molecule has 0 aromatic heterocycles. The number of halogens is 1. The number of piperidine rings is 1. The lowest BCUT2D eigenvalue weighted by molar-refractivity contribution is -0.134. The molecule has 0 spiro atoms. The molecule has 154 valence electrons. The number of carbonyl (C=O) groups excluding carboxylic acids is 1. The van der Waals surface area contributed by atoms with Crippen LogP contribution in [0.1, 0.15) is 24.0 Å². The van der Waals surface area contributed by atoms with E-state index in [4.69, 9.17) is 9.47 Å². The van der Waals surface area contributed by atoms with Crippen molar-refractivity contribution >= 4 is 28.2 Å². The summed E-state index contributed by atoms with van der Waals surface area (Å²) in [6.07, 6.45) is 1.74. The van der Waals surface area contributed by atoms with Crippen LogP contribution < -0.4 is 14.8 Å². The molecule has 1 aromatic rings. The van der Waals surface area contributed by atoms with Gasteiger partial charge >= 0.3 is 0 Å². The zero-order valence-corrected chi connectivity index (χ0v) is 18.1. The van der Waals surface area contributed by atoms with Gasteiger partial charge in [0.05, 0.1) is 14.2 Å². The van der Waals surface area contributed by atoms with Crippen molar-refractivity contribution in [2.45, 2.75) is 31.1 Å². The van der Waals surface area contributed by atoms with Gasteiger partial charge in [0, 0.05) is 19.8 Å². The Morgan fingerprint density at radius 3 is 2.19 bits per heavy atom. The molecular weight excluding hydrogens is 392 g/mol. The van der Waals surface area contributed by atoms with E-state index in [9.17, 15) is 13.2 Å². The smallest absolute Gasteiger partial charge is 0.244 e. The molecule has 0 unspecified atom stereocenters. The predicted octanol–water partition coefficient (Wildman–Crippen LogP) is 1.56. The number of ether oxygens (including phenoxy) is 2. The van der Waals surface area contributed by atoms with Crippen molar-refractivity contribution in [1.29, 1.82) is 0 Å². The Morgan fingerprint density at radius 1 is 1.19 bits per heavy atom. The minimum atomic E-state index is -3.53. The first kappa shape index (κ1) is 23.5. The summed E-state index contributed by atoms with van der Waals surface area (Å²) < 4.78 is 34.2. The fourth-order valence-corrected chi connectivity index (χ4v) is 4.86. The van der Waals surface area contributed by atoms with Gasteiger partial charge in [-0.2, -0.15) is 0 Å². The first-order valence-electron chi connectivity index (χ1n) is 8.53. The summed E-state index contributed by atoms with van der Waals surface area (Å²) in [7, 11) is 1.24. The van der Waals surface area contributed by atoms with E-state index in [-0.39, 0.29) is 18.3 Å². The molecule has 1 fully saturated rings. The first-order valence-corrected chi connectivity index (χ1v) is 10.4. The van der Waals surface area contributed by atoms with Gasteiger partial charge in [-0.1, -0.05) is 0 Å². The molecule has 27 heavy (non-hydrogen) atoms. The van der Waals surface area contributed by atoms with E-state index in [2.05, 4.69) is 5.32 Å². The van der Waals surface area contributed by atoms with E-state index < -0.39 is 14.6 Å². The largest absolute Gasteiger partial charge is 0.493 e. The third-order valence-electron chi connectivity index (χ3n) is 5.11. The molecule has 9 heteroatoms. The molecule has 1 heterocycles. The van der Waals surface area contributed by atoms with Gasteiger partial charge in [-0.25, -0.2) is 8.42 Å². The van der Waals surface area contributed by atoms with Gasteiger partial charge in [0.1, 0.15) is 0 Å². The molecule has 1 aliphatic rings. The van der Waals surface area contributed by atoms with Crippen LogP contribution in [0.5, 0.6) is 11.5 Å². The van der Waals surface area contributed by atoms with E-state index in [1.807, 2.05) is 19.1 Å². The molecule has 1 aromatic carbocycles. The number of nitrogens with zero attached hydrogens (tertiary/aromatic N) is 1. The zero-order valence-electron chi connectivity index (χ0n) is 16.5. The molecule has 0 bridgehead atoms. The molecule has 0 atom stereocenters. The Balaban J connectivity index is 0.00000364. The molecule has 1 saturated heterocycles. The fourth-order valence-electron chi connectivity index (χ4n) is 3.44. The van der Waals surface area contributed by atoms with Gasteiger partial charge in [0.25, 0.3) is 0 Å². The number of aryl methyl sites for hydroxylation is 1. The van der Waals surface area contributed by atoms with Crippen molar-refractivity contribution in [3.8, 4) is 11.5 Å². The Bertz CT molecular complexity index is 776. The minimum absolute atomic E-state index is 0. The van der Waals surface area contributed by atoms with Crippen LogP contribution in [0.3, 0.4) is 0 Å². The number of benzene rings is 1. The second kappa shape index (κ2) is 9.12. The van der Waals surface area contributed by atoms with E-state index in [1.165, 1.54) is 4.90 Å². The quantitative estimate of drug-likeness (QED) is 0.751. The van der Waals surface area contributed by atoms with Gasteiger partial charge in [-0.15, -0.1) is 12.4 Å². The Morgan fingerprint density at radius 2 is 1.70 bits per heavy atom. The zero-order chi connectivity index (χ0) is 19.5. The number of nitrogens with one attached hydrogen (secondary N) is 1. The summed E-state index contributed by atoms with van der Waals surface area (Å²) >= 11 is 0. The third-order valence-corrected chi connectivity index (χ3v) is 7.11. The summed E-state index contributed by atoms with van der Waals surface area (Å²) in [5, 5.41) is 3.13. The molecule has 0 aliphatic carbocycles. The first-order chi connectivity index (χ1) is 12.2. The lowest BCUT2D eigenvalue weighted by Crippen LogP contribution is -2.57. The van der Waals surface area contributed by atoms with Crippen LogP contribution in [-0.4, -0.2) is 64.6 Å². The highest BCUT2D eigenvalue weighted by Crippen LogP contribution is 2.33. The van der Waals surface area contributed by atoms with Gasteiger partial charge in [0.15, 0.2) is 26.1 Å². The van der Waals surface area contributed by atoms with E-state index in [0.717, 1.165) is 17.4 Å². The molecule has 7 nitrogen and oxygen atoms in total. The standard InChI is InChI=1S/C18H28N2O5S.ClH/c1-13-10-15(24-3)16(25-4)11-14(13)12-20(2)17(21)18(26(5,22)23)6-8-19-9-7-18;/h10-11,19H,6-9,12H2,1-5H3;1H. The number of amides is 1. The molecule has 1 amide bonds. The molecular formula is C18H29ClN2O5S. The predicted molar refractivity (Wildman–Crippen MR) is 108 cm³/mol. The Labute approximate surface area is 167 Å². The maximum Gasteiger partial charge on any atom is 0.244 e. The second-order valence-electron chi connectivity index (χ2n) is 6.81. The number of hydrogen-bond donors (Lipinski definition) is 1. The normalized spacial score (nSPS) is 16.2. The molecule has 1 aliphatic heterocycles. The number of hydrogen-bond acceptors (Lipinski definition) is 6. The summed E-state index contributed by atoms with van der Waals surface area (Å²) in [5.74, 6) is 0.845. The van der Waals surface area contributed by atoms with Crippen molar-refractivity contribution in [2.24, 2.45) is 0 Å². The lowest BCUT2D eigenvalue weighted by atomic mass is 9.95. The number of sulfone groups is 1. The second-order valence-corrected chi connectivity index (χ2v) is 9.14. The third kappa shape index (κ3) is 4.67. The van der Waals surface area contributed by atoms with Gasteiger partial charge in [-0.3, -0.25) is 4.79 Å². The van der Waals surface area contributed by atoms with Crippen LogP contribution in [0.4, 0.5) is 0 Å². The molecule has 0 radical (unpaired) electrons. The summed E-state index contributed by atoms with van der Waals surface area (Å²) in [4.78, 5) is 14.6. The molecule has 0 saturated carbocycles. The highest BCUT2D eigenvalue weighted by molar-refractivity contribution is 7.92. The van der Waals surface area contributed by atoms with Crippen LogP contribution in [-0.2, 0) is 21.2 Å². The highest BCUT2D eigenvalue weighted by atomic mass is 35.5. The van der Waals surface area contributed by atoms with Gasteiger partial charge < -0.3 is 19.7 Å². The molecule has 2 rings (SSSR count). The number of methoxy groups -OCH3 is 2. The van der Waals surface area contributed by atoms with E-state index in [0.29, 0.717) is 44.0 Å². The van der Waals surface area contributed by atoms with Crippen LogP contribution in [0.25, 0.3) is 0 Å². The van der Waals surface area contributed by atoms with Crippen LogP contribution >= 0.6 is 12.4 Å². The minimum Gasteiger partial charge on any atom is -0.493 e. The van der Waals surface area contributed by atoms with E-state index in [1.54, 1.807) is 21.3 Å². The van der Waals surface area contributed by atoms with Gasteiger partial charge in [0.2, 0.25) is 5.91 Å². The summed E-state index contributed by atoms with van der Waals surface area (Å²) in [5.41, 5.74) is 1.83. The van der Waals surface area contributed by atoms with Crippen molar-refractivity contribution in [2.75, 3.05) is 40.6 Å². The Hall–Kier alpha value is -1.51. The van der Waals surface area contributed by atoms with E-state index >= 15 is 0 Å². The Kier molecular flexibility index (Phi) is 7.95. The van der Waals surface area contributed by atoms with Crippen molar-refractivity contribution in [1.82, 2.24) is 10.2 Å². The number of carbonyl (C=O) groups is 1. The van der Waals surface area contributed by atoms with Crippen LogP contribution in [0.15, 0.2) is 12.1 Å².